The van der Waals surface area contributed by atoms with Crippen LogP contribution in [0.4, 0.5) is 5.69 Å². The maximum absolute atomic E-state index is 13.1. The maximum atomic E-state index is 13.1. The number of nitriles is 1. The Morgan fingerprint density at radius 1 is 1.14 bits per heavy atom. The molecule has 2 aromatic heterocycles. The number of nitrogens with one attached hydrogen (secondary N) is 1. The highest BCUT2D eigenvalue weighted by atomic mass is 16.5. The molecule has 0 radical (unpaired) electrons. The third-order valence-electron chi connectivity index (χ3n) is 6.80. The highest BCUT2D eigenvalue weighted by molar-refractivity contribution is 6.04. The summed E-state index contributed by atoms with van der Waals surface area (Å²) in [4.78, 5) is 32.3. The number of aryl methyl sites for hydroxylation is 1. The van der Waals surface area contributed by atoms with Gasteiger partial charge in [0, 0.05) is 18.7 Å². The molecule has 2 saturated heterocycles. The molecule has 4 heterocycles. The Hall–Kier alpha value is -4.10. The van der Waals surface area contributed by atoms with E-state index in [0.717, 1.165) is 18.4 Å². The molecule has 10 heteroatoms. The summed E-state index contributed by atoms with van der Waals surface area (Å²) in [6.07, 6.45) is 5.28. The first-order valence-electron chi connectivity index (χ1n) is 12.3. The standard InChI is InChI=1S/C27H29N7O3/c1-16-24(34-15-23(31-32-34)26(36)33-13-21-5-6-22(14-33)37-21)10-20(12-29-16)30-25(35)18-7-17(11-28)8-19(9-18)27(2,3)4/h7-10,12,15,21-22H,5-6,13-14H2,1-4H3,(H,30,35). The monoisotopic (exact) mass is 499 g/mol. The van der Waals surface area contributed by atoms with Crippen molar-refractivity contribution < 1.29 is 14.3 Å². The molecule has 5 rings (SSSR count). The minimum absolute atomic E-state index is 0.0952. The van der Waals surface area contributed by atoms with Crippen molar-refractivity contribution in [2.45, 2.75) is 58.2 Å². The van der Waals surface area contributed by atoms with Crippen LogP contribution in [0.3, 0.4) is 0 Å². The van der Waals surface area contributed by atoms with Crippen LogP contribution in [0.5, 0.6) is 0 Å². The highest BCUT2D eigenvalue weighted by Gasteiger charge is 2.36. The summed E-state index contributed by atoms with van der Waals surface area (Å²) in [6.45, 7) is 9.03. The molecule has 10 nitrogen and oxygen atoms in total. The molecular formula is C27H29N7O3. The molecule has 2 atom stereocenters. The minimum atomic E-state index is -0.351. The molecule has 2 fully saturated rings. The van der Waals surface area contributed by atoms with E-state index in [1.807, 2.05) is 27.7 Å². The summed E-state index contributed by atoms with van der Waals surface area (Å²) in [5.74, 6) is -0.524. The number of rotatable bonds is 4. The molecule has 0 spiro atoms. The number of carbonyl (C=O) groups is 2. The van der Waals surface area contributed by atoms with Crippen LogP contribution in [-0.2, 0) is 10.2 Å². The summed E-state index contributed by atoms with van der Waals surface area (Å²) in [5, 5.41) is 20.6. The van der Waals surface area contributed by atoms with E-state index in [-0.39, 0.29) is 35.1 Å². The minimum Gasteiger partial charge on any atom is -0.371 e. The normalized spacial score (nSPS) is 18.9. The zero-order valence-electron chi connectivity index (χ0n) is 21.4. The average molecular weight is 500 g/mol. The summed E-state index contributed by atoms with van der Waals surface area (Å²) in [7, 11) is 0. The van der Waals surface area contributed by atoms with E-state index in [9.17, 15) is 14.9 Å². The number of nitrogens with zero attached hydrogens (tertiary/aromatic N) is 6. The van der Waals surface area contributed by atoms with Crippen LogP contribution < -0.4 is 5.32 Å². The number of pyridine rings is 1. The average Bonchev–Trinajstić information content (AvgIpc) is 3.50. The molecule has 3 aromatic rings. The van der Waals surface area contributed by atoms with Crippen LogP contribution in [0.1, 0.15) is 71.3 Å². The molecule has 1 aromatic carbocycles. The SMILES string of the molecule is Cc1ncc(NC(=O)c2cc(C#N)cc(C(C)(C)C)c2)cc1-n1cc(C(=O)N2CC3CCC(C2)O3)nn1. The lowest BCUT2D eigenvalue weighted by atomic mass is 9.85. The van der Waals surface area contributed by atoms with Crippen molar-refractivity contribution in [1.82, 2.24) is 24.9 Å². The number of amides is 2. The third-order valence-corrected chi connectivity index (χ3v) is 6.80. The van der Waals surface area contributed by atoms with E-state index in [1.54, 1.807) is 41.6 Å². The molecule has 2 unspecified atom stereocenters. The van der Waals surface area contributed by atoms with Crippen LogP contribution >= 0.6 is 0 Å². The number of ether oxygens (including phenoxy) is 1. The Balaban J connectivity index is 1.36. The van der Waals surface area contributed by atoms with Gasteiger partial charge in [0.05, 0.1) is 53.3 Å². The Kier molecular flexibility index (Phi) is 6.25. The number of hydrogen-bond donors (Lipinski definition) is 1. The molecule has 2 amide bonds. The summed E-state index contributed by atoms with van der Waals surface area (Å²) in [5.41, 5.74) is 3.45. The van der Waals surface area contributed by atoms with Gasteiger partial charge in [0.2, 0.25) is 0 Å². The predicted molar refractivity (Wildman–Crippen MR) is 135 cm³/mol. The van der Waals surface area contributed by atoms with Gasteiger partial charge in [-0.1, -0.05) is 26.0 Å². The lowest BCUT2D eigenvalue weighted by Gasteiger charge is -2.31. The number of aromatic nitrogens is 4. The molecule has 37 heavy (non-hydrogen) atoms. The Morgan fingerprint density at radius 2 is 1.86 bits per heavy atom. The molecule has 190 valence electrons. The van der Waals surface area contributed by atoms with Gasteiger partial charge in [-0.25, -0.2) is 4.68 Å². The first kappa shape index (κ1) is 24.6. The number of anilines is 1. The fourth-order valence-corrected chi connectivity index (χ4v) is 4.70. The van der Waals surface area contributed by atoms with Gasteiger partial charge in [0.15, 0.2) is 5.69 Å². The Morgan fingerprint density at radius 3 is 2.54 bits per heavy atom. The van der Waals surface area contributed by atoms with Crippen LogP contribution in [0.25, 0.3) is 5.69 Å². The lowest BCUT2D eigenvalue weighted by Crippen LogP contribution is -2.45. The number of fused-ring (bicyclic) bond motifs is 2. The van der Waals surface area contributed by atoms with Crippen molar-refractivity contribution in [1.29, 1.82) is 5.26 Å². The third kappa shape index (κ3) is 5.08. The van der Waals surface area contributed by atoms with Crippen molar-refractivity contribution in [2.24, 2.45) is 0 Å². The van der Waals surface area contributed by atoms with E-state index >= 15 is 0 Å². The van der Waals surface area contributed by atoms with Gasteiger partial charge in [0.1, 0.15) is 0 Å². The Bertz CT molecular complexity index is 1400. The van der Waals surface area contributed by atoms with Crippen molar-refractivity contribution in [3.63, 3.8) is 0 Å². The molecule has 1 N–H and O–H groups in total. The van der Waals surface area contributed by atoms with E-state index in [2.05, 4.69) is 26.7 Å². The van der Waals surface area contributed by atoms with E-state index < -0.39 is 0 Å². The zero-order chi connectivity index (χ0) is 26.3. The fourth-order valence-electron chi connectivity index (χ4n) is 4.70. The van der Waals surface area contributed by atoms with Crippen LogP contribution in [0, 0.1) is 18.3 Å². The van der Waals surface area contributed by atoms with Gasteiger partial charge in [-0.05, 0) is 55.0 Å². The second kappa shape index (κ2) is 9.41. The smallest absolute Gasteiger partial charge is 0.276 e. The van der Waals surface area contributed by atoms with Gasteiger partial charge < -0.3 is 15.0 Å². The number of likely N-dealkylation sites (tertiary alicyclic amines) is 1. The number of hydrogen-bond acceptors (Lipinski definition) is 7. The summed E-state index contributed by atoms with van der Waals surface area (Å²) in [6, 6.07) is 9.03. The number of carbonyl (C=O) groups excluding carboxylic acids is 2. The summed E-state index contributed by atoms with van der Waals surface area (Å²) < 4.78 is 7.32. The molecule has 0 saturated carbocycles. The van der Waals surface area contributed by atoms with E-state index in [1.165, 1.54) is 4.68 Å². The fraction of sp³-hybridized carbons (Fsp3) is 0.407. The maximum Gasteiger partial charge on any atom is 0.276 e. The molecule has 0 aliphatic carbocycles. The largest absolute Gasteiger partial charge is 0.371 e. The first-order valence-corrected chi connectivity index (χ1v) is 12.3. The van der Waals surface area contributed by atoms with E-state index in [4.69, 9.17) is 4.74 Å². The second-order valence-corrected chi connectivity index (χ2v) is 10.7. The van der Waals surface area contributed by atoms with E-state index in [0.29, 0.717) is 41.3 Å². The van der Waals surface area contributed by atoms with Gasteiger partial charge in [-0.3, -0.25) is 14.6 Å². The Labute approximate surface area is 215 Å². The van der Waals surface area contributed by atoms with Crippen molar-refractivity contribution >= 4 is 17.5 Å². The second-order valence-electron chi connectivity index (χ2n) is 10.7. The predicted octanol–water partition coefficient (Wildman–Crippen LogP) is 3.40. The van der Waals surface area contributed by atoms with Crippen molar-refractivity contribution in [2.75, 3.05) is 18.4 Å². The molecule has 2 aliphatic rings. The van der Waals surface area contributed by atoms with Crippen LogP contribution in [-0.4, -0.2) is 62.0 Å². The van der Waals surface area contributed by atoms with Gasteiger partial charge in [0.25, 0.3) is 11.8 Å². The quantitative estimate of drug-likeness (QED) is 0.583. The molecular weight excluding hydrogens is 470 g/mol. The van der Waals surface area contributed by atoms with Gasteiger partial charge >= 0.3 is 0 Å². The topological polar surface area (TPSA) is 126 Å². The van der Waals surface area contributed by atoms with Gasteiger partial charge in [-0.15, -0.1) is 5.10 Å². The summed E-state index contributed by atoms with van der Waals surface area (Å²) >= 11 is 0. The van der Waals surface area contributed by atoms with Crippen LogP contribution in [0.2, 0.25) is 0 Å². The van der Waals surface area contributed by atoms with Crippen LogP contribution in [0.15, 0.2) is 36.7 Å². The van der Waals surface area contributed by atoms with Crippen molar-refractivity contribution in [3.8, 4) is 11.8 Å². The molecule has 2 bridgehead atoms. The number of morpholine rings is 1. The number of benzene rings is 1. The highest BCUT2D eigenvalue weighted by Crippen LogP contribution is 2.28. The van der Waals surface area contributed by atoms with Crippen molar-refractivity contribution in [3.05, 3.63) is 64.7 Å². The zero-order valence-corrected chi connectivity index (χ0v) is 21.4. The van der Waals surface area contributed by atoms with Gasteiger partial charge in [-0.2, -0.15) is 5.26 Å². The lowest BCUT2D eigenvalue weighted by molar-refractivity contribution is -0.0305. The first-order chi connectivity index (χ1) is 17.6. The molecule has 2 aliphatic heterocycles.